The summed E-state index contributed by atoms with van der Waals surface area (Å²) in [5, 5.41) is 1.80. The summed E-state index contributed by atoms with van der Waals surface area (Å²) in [5.41, 5.74) is 2.11. The largest absolute Gasteiger partial charge is 0.471 e. The zero-order chi connectivity index (χ0) is 19.1. The van der Waals surface area contributed by atoms with Crippen LogP contribution in [0.5, 0.6) is 5.88 Å². The Kier molecular flexibility index (Phi) is 3.83. The van der Waals surface area contributed by atoms with E-state index in [0.29, 0.717) is 24.5 Å². The molecule has 4 aromatic rings. The molecule has 6 heteroatoms. The Hall–Kier alpha value is -3.67. The summed E-state index contributed by atoms with van der Waals surface area (Å²) in [6.45, 7) is 0.753. The average Bonchev–Trinajstić information content (AvgIpc) is 3.13. The summed E-state index contributed by atoms with van der Waals surface area (Å²) < 4.78 is 5.86. The van der Waals surface area contributed by atoms with Crippen molar-refractivity contribution in [3.63, 3.8) is 0 Å². The summed E-state index contributed by atoms with van der Waals surface area (Å²) >= 11 is 0. The lowest BCUT2D eigenvalue weighted by Crippen LogP contribution is -2.57. The van der Waals surface area contributed by atoms with Gasteiger partial charge in [-0.15, -0.1) is 0 Å². The molecule has 28 heavy (non-hydrogen) atoms. The summed E-state index contributed by atoms with van der Waals surface area (Å²) in [6.07, 6.45) is 1.44. The Morgan fingerprint density at radius 3 is 2.68 bits per heavy atom. The number of amides is 1. The third-order valence-electron chi connectivity index (χ3n) is 5.02. The van der Waals surface area contributed by atoms with E-state index in [2.05, 4.69) is 9.97 Å². The highest BCUT2D eigenvalue weighted by molar-refractivity contribution is 6.45. The molecule has 1 amide bonds. The first-order valence-electron chi connectivity index (χ1n) is 9.11. The first kappa shape index (κ1) is 16.5. The zero-order valence-electron chi connectivity index (χ0n) is 15.0. The first-order valence-corrected chi connectivity index (χ1v) is 9.11. The molecular formula is C22H17N3O3. The predicted molar refractivity (Wildman–Crippen MR) is 105 cm³/mol. The van der Waals surface area contributed by atoms with Crippen LogP contribution in [-0.4, -0.2) is 45.8 Å². The van der Waals surface area contributed by atoms with Gasteiger partial charge >= 0.3 is 0 Å². The number of ketones is 1. The van der Waals surface area contributed by atoms with E-state index in [1.165, 1.54) is 4.90 Å². The molecule has 0 atom stereocenters. The van der Waals surface area contributed by atoms with Gasteiger partial charge in [0.05, 0.1) is 24.2 Å². The number of para-hydroxylation sites is 2. The molecule has 0 aliphatic carbocycles. The highest BCUT2D eigenvalue weighted by Gasteiger charge is 2.36. The average molecular weight is 371 g/mol. The smallest absolute Gasteiger partial charge is 0.295 e. The van der Waals surface area contributed by atoms with Gasteiger partial charge in [0.1, 0.15) is 6.10 Å². The minimum absolute atomic E-state index is 0.159. The standard InChI is InChI=1S/C22H17N3O3/c26-21(17-11-23-19-8-4-2-6-16(17)19)22(27)25-12-15(13-25)28-20-10-9-14-5-1-3-7-18(14)24-20/h1-11,15,23H,12-13H2. The molecule has 0 saturated carbocycles. The number of nitrogens with zero attached hydrogens (tertiary/aromatic N) is 2. The number of benzene rings is 2. The number of Topliss-reactive ketones (excluding diaryl/α,β-unsaturated/α-hetero) is 1. The van der Waals surface area contributed by atoms with Gasteiger partial charge in [0.2, 0.25) is 5.88 Å². The molecule has 138 valence electrons. The maximum atomic E-state index is 12.6. The van der Waals surface area contributed by atoms with Crippen LogP contribution >= 0.6 is 0 Å². The van der Waals surface area contributed by atoms with Crippen LogP contribution in [-0.2, 0) is 4.79 Å². The molecule has 1 N–H and O–H groups in total. The van der Waals surface area contributed by atoms with E-state index in [4.69, 9.17) is 4.74 Å². The monoisotopic (exact) mass is 371 g/mol. The highest BCUT2D eigenvalue weighted by atomic mass is 16.5. The number of carbonyl (C=O) groups is 2. The van der Waals surface area contributed by atoms with Gasteiger partial charge in [0.25, 0.3) is 11.7 Å². The van der Waals surface area contributed by atoms with Crippen molar-refractivity contribution in [3.05, 3.63) is 72.4 Å². The van der Waals surface area contributed by atoms with Crippen LogP contribution in [0.25, 0.3) is 21.8 Å². The molecule has 0 radical (unpaired) electrons. The summed E-state index contributed by atoms with van der Waals surface area (Å²) in [4.78, 5) is 34.2. The zero-order valence-corrected chi connectivity index (χ0v) is 15.0. The molecule has 6 nitrogen and oxygen atoms in total. The molecule has 1 fully saturated rings. The molecule has 0 bridgehead atoms. The fourth-order valence-corrected chi connectivity index (χ4v) is 3.48. The lowest BCUT2D eigenvalue weighted by Gasteiger charge is -2.38. The Morgan fingerprint density at radius 1 is 1.00 bits per heavy atom. The minimum Gasteiger partial charge on any atom is -0.471 e. The minimum atomic E-state index is -0.504. The number of carbonyl (C=O) groups excluding carboxylic acids is 2. The van der Waals surface area contributed by atoms with E-state index in [-0.39, 0.29) is 6.10 Å². The fourth-order valence-electron chi connectivity index (χ4n) is 3.48. The normalized spacial score (nSPS) is 14.2. The summed E-state index contributed by atoms with van der Waals surface area (Å²) in [7, 11) is 0. The predicted octanol–water partition coefficient (Wildman–Crippen LogP) is 3.19. The number of rotatable bonds is 4. The number of fused-ring (bicyclic) bond motifs is 2. The number of aromatic nitrogens is 2. The van der Waals surface area contributed by atoms with E-state index in [9.17, 15) is 9.59 Å². The van der Waals surface area contributed by atoms with E-state index < -0.39 is 11.7 Å². The highest BCUT2D eigenvalue weighted by Crippen LogP contribution is 2.22. The van der Waals surface area contributed by atoms with Crippen LogP contribution in [0.2, 0.25) is 0 Å². The van der Waals surface area contributed by atoms with Crippen molar-refractivity contribution < 1.29 is 14.3 Å². The van der Waals surface area contributed by atoms with Gasteiger partial charge in [-0.3, -0.25) is 9.59 Å². The molecule has 2 aromatic heterocycles. The van der Waals surface area contributed by atoms with E-state index in [0.717, 1.165) is 21.8 Å². The van der Waals surface area contributed by atoms with Gasteiger partial charge in [0.15, 0.2) is 0 Å². The molecule has 1 aliphatic rings. The number of likely N-dealkylation sites (tertiary alicyclic amines) is 1. The molecule has 2 aromatic carbocycles. The SMILES string of the molecule is O=C(C(=O)N1CC(Oc2ccc3ccccc3n2)C1)c1c[nH]c2ccccc12. The van der Waals surface area contributed by atoms with Crippen LogP contribution < -0.4 is 4.74 Å². The van der Waals surface area contributed by atoms with Crippen molar-refractivity contribution in [1.29, 1.82) is 0 Å². The first-order chi connectivity index (χ1) is 13.7. The van der Waals surface area contributed by atoms with Crippen molar-refractivity contribution in [2.45, 2.75) is 6.10 Å². The van der Waals surface area contributed by atoms with E-state index in [1.807, 2.05) is 60.7 Å². The third-order valence-corrected chi connectivity index (χ3v) is 5.02. The van der Waals surface area contributed by atoms with Crippen LogP contribution in [0.4, 0.5) is 0 Å². The maximum absolute atomic E-state index is 12.6. The number of nitrogens with one attached hydrogen (secondary N) is 1. The molecule has 1 saturated heterocycles. The van der Waals surface area contributed by atoms with E-state index in [1.54, 1.807) is 6.20 Å². The molecule has 1 aliphatic heterocycles. The van der Waals surface area contributed by atoms with Crippen molar-refractivity contribution in [1.82, 2.24) is 14.9 Å². The lowest BCUT2D eigenvalue weighted by molar-refractivity contribution is -0.134. The van der Waals surface area contributed by atoms with Gasteiger partial charge in [-0.05, 0) is 18.2 Å². The second-order valence-corrected chi connectivity index (χ2v) is 6.87. The van der Waals surface area contributed by atoms with E-state index >= 15 is 0 Å². The van der Waals surface area contributed by atoms with Crippen LogP contribution in [0, 0.1) is 0 Å². The molecular weight excluding hydrogens is 354 g/mol. The number of aromatic amines is 1. The second-order valence-electron chi connectivity index (χ2n) is 6.87. The van der Waals surface area contributed by atoms with Crippen LogP contribution in [0.15, 0.2) is 66.9 Å². The van der Waals surface area contributed by atoms with Crippen molar-refractivity contribution in [2.75, 3.05) is 13.1 Å². The molecule has 5 rings (SSSR count). The maximum Gasteiger partial charge on any atom is 0.295 e. The number of ether oxygens (including phenoxy) is 1. The topological polar surface area (TPSA) is 75.3 Å². The fraction of sp³-hybridized carbons (Fsp3) is 0.136. The summed E-state index contributed by atoms with van der Waals surface area (Å²) in [6, 6.07) is 19.0. The molecule has 0 spiro atoms. The quantitative estimate of drug-likeness (QED) is 0.442. The second kappa shape index (κ2) is 6.49. The third kappa shape index (κ3) is 2.79. The molecule has 0 unspecified atom stereocenters. The Bertz CT molecular complexity index is 1210. The number of H-pyrrole nitrogens is 1. The van der Waals surface area contributed by atoms with Crippen molar-refractivity contribution in [3.8, 4) is 5.88 Å². The van der Waals surface area contributed by atoms with Crippen LogP contribution in [0.3, 0.4) is 0 Å². The molecule has 3 heterocycles. The van der Waals surface area contributed by atoms with Gasteiger partial charge < -0.3 is 14.6 Å². The summed E-state index contributed by atoms with van der Waals surface area (Å²) in [5.74, 6) is -0.477. The lowest BCUT2D eigenvalue weighted by atomic mass is 10.1. The van der Waals surface area contributed by atoms with Crippen LogP contribution in [0.1, 0.15) is 10.4 Å². The van der Waals surface area contributed by atoms with Gasteiger partial charge in [-0.2, -0.15) is 0 Å². The Balaban J connectivity index is 1.24. The Morgan fingerprint density at radius 2 is 1.79 bits per heavy atom. The van der Waals surface area contributed by atoms with Gasteiger partial charge in [0, 0.05) is 28.6 Å². The number of hydrogen-bond acceptors (Lipinski definition) is 4. The number of hydrogen-bond donors (Lipinski definition) is 1. The van der Waals surface area contributed by atoms with Crippen molar-refractivity contribution in [2.24, 2.45) is 0 Å². The van der Waals surface area contributed by atoms with Gasteiger partial charge in [-0.1, -0.05) is 36.4 Å². The van der Waals surface area contributed by atoms with Crippen molar-refractivity contribution >= 4 is 33.5 Å². The van der Waals surface area contributed by atoms with Gasteiger partial charge in [-0.25, -0.2) is 4.98 Å². The number of pyridine rings is 1. The Labute approximate surface area is 160 Å².